The molecule has 3 aromatic rings. The number of nitriles is 1. The van der Waals surface area contributed by atoms with Gasteiger partial charge in [0.25, 0.3) is 5.56 Å². The van der Waals surface area contributed by atoms with E-state index in [1.54, 1.807) is 6.07 Å². The van der Waals surface area contributed by atoms with Gasteiger partial charge in [0.2, 0.25) is 0 Å². The van der Waals surface area contributed by atoms with Crippen LogP contribution >= 0.6 is 0 Å². The molecule has 0 aliphatic heterocycles. The normalized spacial score (nSPS) is 10.3. The van der Waals surface area contributed by atoms with Crippen LogP contribution in [-0.2, 0) is 6.42 Å². The van der Waals surface area contributed by atoms with Gasteiger partial charge in [0.05, 0.1) is 23.4 Å². The molecule has 0 unspecified atom stereocenters. The molecule has 0 aliphatic rings. The Kier molecular flexibility index (Phi) is 3.02. The molecule has 0 atom stereocenters. The molecule has 0 saturated heterocycles. The van der Waals surface area contributed by atoms with E-state index in [4.69, 9.17) is 5.26 Å². The predicted octanol–water partition coefficient (Wildman–Crippen LogP) is 2.66. The molecule has 0 saturated carbocycles. The van der Waals surface area contributed by atoms with Crippen molar-refractivity contribution in [1.82, 2.24) is 9.97 Å². The van der Waals surface area contributed by atoms with Gasteiger partial charge in [-0.3, -0.25) is 4.79 Å². The fourth-order valence-electron chi connectivity index (χ4n) is 2.14. The smallest absolute Gasteiger partial charge is 0.259 e. The lowest BCUT2D eigenvalue weighted by atomic mass is 10.1. The Labute approximate surface area is 115 Å². The van der Waals surface area contributed by atoms with Crippen molar-refractivity contribution in [2.75, 3.05) is 0 Å². The summed E-state index contributed by atoms with van der Waals surface area (Å²) in [6, 6.07) is 16.8. The number of para-hydroxylation sites is 1. The van der Waals surface area contributed by atoms with Gasteiger partial charge in [-0.05, 0) is 23.8 Å². The molecule has 2 aromatic carbocycles. The second-order valence-electron chi connectivity index (χ2n) is 4.47. The molecular weight excluding hydrogens is 250 g/mol. The third-order valence-corrected chi connectivity index (χ3v) is 3.10. The third-order valence-electron chi connectivity index (χ3n) is 3.10. The minimum Gasteiger partial charge on any atom is -0.306 e. The highest BCUT2D eigenvalue weighted by Gasteiger charge is 2.06. The van der Waals surface area contributed by atoms with Gasteiger partial charge in [-0.2, -0.15) is 5.26 Å². The number of hydrogen-bond donors (Lipinski definition) is 1. The van der Waals surface area contributed by atoms with E-state index in [0.717, 1.165) is 11.1 Å². The van der Waals surface area contributed by atoms with E-state index in [1.165, 1.54) is 0 Å². The lowest BCUT2D eigenvalue weighted by Gasteiger charge is -2.04. The molecule has 0 aliphatic carbocycles. The zero-order valence-electron chi connectivity index (χ0n) is 10.6. The van der Waals surface area contributed by atoms with Crippen molar-refractivity contribution >= 4 is 10.9 Å². The van der Waals surface area contributed by atoms with E-state index in [2.05, 4.69) is 16.0 Å². The van der Waals surface area contributed by atoms with Crippen molar-refractivity contribution in [3.05, 3.63) is 64.4 Å². The monoisotopic (exact) mass is 261 g/mol. The summed E-state index contributed by atoms with van der Waals surface area (Å²) in [6.45, 7) is 0. The Morgan fingerprint density at radius 3 is 2.85 bits per heavy atom. The van der Waals surface area contributed by atoms with Gasteiger partial charge in [-0.15, -0.1) is 0 Å². The van der Waals surface area contributed by atoms with Crippen molar-refractivity contribution in [3.63, 3.8) is 0 Å². The molecule has 20 heavy (non-hydrogen) atoms. The average Bonchev–Trinajstić information content (AvgIpc) is 2.48. The second-order valence-corrected chi connectivity index (χ2v) is 4.47. The number of aromatic nitrogens is 2. The molecule has 0 amide bonds. The number of fused-ring (bicyclic) bond motifs is 1. The first-order chi connectivity index (χ1) is 9.78. The Balaban J connectivity index is 2.17. The second kappa shape index (κ2) is 4.98. The number of aromatic amines is 1. The number of nitrogens with zero attached hydrogens (tertiary/aromatic N) is 2. The van der Waals surface area contributed by atoms with Crippen molar-refractivity contribution in [2.45, 2.75) is 6.42 Å². The van der Waals surface area contributed by atoms with Gasteiger partial charge in [0.1, 0.15) is 5.82 Å². The van der Waals surface area contributed by atoms with Gasteiger partial charge in [0, 0.05) is 5.56 Å². The first kappa shape index (κ1) is 12.1. The maximum atomic E-state index is 12.0. The van der Waals surface area contributed by atoms with Crippen LogP contribution < -0.4 is 5.56 Å². The maximum Gasteiger partial charge on any atom is 0.259 e. The van der Waals surface area contributed by atoms with Crippen molar-refractivity contribution in [3.8, 4) is 17.5 Å². The van der Waals surface area contributed by atoms with E-state index in [-0.39, 0.29) is 5.56 Å². The molecule has 1 N–H and O–H groups in total. The predicted molar refractivity (Wildman–Crippen MR) is 77.1 cm³/mol. The van der Waals surface area contributed by atoms with Gasteiger partial charge < -0.3 is 4.98 Å². The van der Waals surface area contributed by atoms with Crippen molar-refractivity contribution in [1.29, 1.82) is 5.26 Å². The van der Waals surface area contributed by atoms with Crippen LogP contribution in [0.1, 0.15) is 5.56 Å². The summed E-state index contributed by atoms with van der Waals surface area (Å²) in [5, 5.41) is 9.32. The summed E-state index contributed by atoms with van der Waals surface area (Å²) < 4.78 is 0. The number of H-pyrrole nitrogens is 1. The Morgan fingerprint density at radius 1 is 1.15 bits per heavy atom. The molecule has 0 radical (unpaired) electrons. The first-order valence-electron chi connectivity index (χ1n) is 6.23. The quantitative estimate of drug-likeness (QED) is 0.771. The molecule has 0 spiro atoms. The van der Waals surface area contributed by atoms with E-state index in [0.29, 0.717) is 23.1 Å². The van der Waals surface area contributed by atoms with Crippen molar-refractivity contribution in [2.24, 2.45) is 0 Å². The lowest BCUT2D eigenvalue weighted by Crippen LogP contribution is -2.09. The Hall–Kier alpha value is -2.93. The summed E-state index contributed by atoms with van der Waals surface area (Å²) in [6.07, 6.45) is 0.339. The van der Waals surface area contributed by atoms with E-state index >= 15 is 0 Å². The van der Waals surface area contributed by atoms with Gasteiger partial charge in [-0.1, -0.05) is 30.3 Å². The topological polar surface area (TPSA) is 69.5 Å². The summed E-state index contributed by atoms with van der Waals surface area (Å²) in [5.41, 5.74) is 2.22. The molecule has 3 rings (SSSR count). The minimum absolute atomic E-state index is 0.156. The molecule has 1 heterocycles. The molecule has 0 bridgehead atoms. The Bertz CT molecular complexity index is 875. The number of nitrogens with one attached hydrogen (secondary N) is 1. The van der Waals surface area contributed by atoms with E-state index < -0.39 is 0 Å². The number of benzene rings is 2. The molecule has 0 fully saturated rings. The van der Waals surface area contributed by atoms with Crippen LogP contribution in [0.4, 0.5) is 0 Å². The molecule has 96 valence electrons. The van der Waals surface area contributed by atoms with Gasteiger partial charge in [0.15, 0.2) is 0 Å². The number of hydrogen-bond acceptors (Lipinski definition) is 3. The van der Waals surface area contributed by atoms with Crippen LogP contribution in [0.15, 0.2) is 53.3 Å². The van der Waals surface area contributed by atoms with Crippen LogP contribution in [0.2, 0.25) is 0 Å². The van der Waals surface area contributed by atoms with Gasteiger partial charge in [-0.25, -0.2) is 4.98 Å². The zero-order chi connectivity index (χ0) is 13.9. The van der Waals surface area contributed by atoms with Crippen LogP contribution in [0.3, 0.4) is 0 Å². The van der Waals surface area contributed by atoms with Crippen LogP contribution in [-0.4, -0.2) is 9.97 Å². The maximum absolute atomic E-state index is 12.0. The SMILES string of the molecule is N#CCc1cccc(-c2nc3ccccc3c(=O)[nH]2)c1. The first-order valence-corrected chi connectivity index (χ1v) is 6.23. The average molecular weight is 261 g/mol. The van der Waals surface area contributed by atoms with Crippen molar-refractivity contribution < 1.29 is 0 Å². The van der Waals surface area contributed by atoms with Gasteiger partial charge >= 0.3 is 0 Å². The fraction of sp³-hybridized carbons (Fsp3) is 0.0625. The largest absolute Gasteiger partial charge is 0.306 e. The molecule has 4 nitrogen and oxygen atoms in total. The number of rotatable bonds is 2. The summed E-state index contributed by atoms with van der Waals surface area (Å²) in [5.74, 6) is 0.522. The molecule has 1 aromatic heterocycles. The van der Waals surface area contributed by atoms with Crippen LogP contribution in [0.5, 0.6) is 0 Å². The molecule has 4 heteroatoms. The van der Waals surface area contributed by atoms with E-state index in [1.807, 2.05) is 42.5 Å². The zero-order valence-corrected chi connectivity index (χ0v) is 10.6. The molecular formula is C16H11N3O. The van der Waals surface area contributed by atoms with E-state index in [9.17, 15) is 4.79 Å². The van der Waals surface area contributed by atoms with Crippen LogP contribution in [0.25, 0.3) is 22.3 Å². The minimum atomic E-state index is -0.156. The summed E-state index contributed by atoms with van der Waals surface area (Å²) >= 11 is 0. The summed E-state index contributed by atoms with van der Waals surface area (Å²) in [7, 11) is 0. The Morgan fingerprint density at radius 2 is 2.00 bits per heavy atom. The highest BCUT2D eigenvalue weighted by atomic mass is 16.1. The standard InChI is InChI=1S/C16H11N3O/c17-9-8-11-4-3-5-12(10-11)15-18-14-7-2-1-6-13(14)16(20)19-15/h1-7,10H,8H2,(H,18,19,20). The lowest BCUT2D eigenvalue weighted by molar-refractivity contribution is 1.17. The van der Waals surface area contributed by atoms with Crippen LogP contribution in [0, 0.1) is 11.3 Å². The highest BCUT2D eigenvalue weighted by Crippen LogP contribution is 2.17. The summed E-state index contributed by atoms with van der Waals surface area (Å²) in [4.78, 5) is 19.3. The third kappa shape index (κ3) is 2.17. The fourth-order valence-corrected chi connectivity index (χ4v) is 2.14. The highest BCUT2D eigenvalue weighted by molar-refractivity contribution is 5.79.